The fourth-order valence-corrected chi connectivity index (χ4v) is 5.97. The summed E-state index contributed by atoms with van der Waals surface area (Å²) in [6.07, 6.45) is 2.46. The minimum absolute atomic E-state index is 0.0971. The molecule has 2 fully saturated rings. The highest BCUT2D eigenvalue weighted by Gasteiger charge is 2.29. The Morgan fingerprint density at radius 1 is 1.10 bits per heavy atom. The number of nitrogens with one attached hydrogen (secondary N) is 3. The van der Waals surface area contributed by atoms with Crippen LogP contribution in [0.2, 0.25) is 0 Å². The number of hydrogen-bond acceptors (Lipinski definition) is 10. The quantitative estimate of drug-likeness (QED) is 0.329. The number of amides is 1. The second-order valence-electron chi connectivity index (χ2n) is 10.4. The van der Waals surface area contributed by atoms with Crippen molar-refractivity contribution in [2.75, 3.05) is 68.5 Å². The number of H-pyrrole nitrogens is 1. The zero-order valence-electron chi connectivity index (χ0n) is 23.7. The Morgan fingerprint density at radius 2 is 1.82 bits per heavy atom. The zero-order chi connectivity index (χ0) is 28.1. The van der Waals surface area contributed by atoms with E-state index in [0.29, 0.717) is 35.2 Å². The molecular formula is C28H39N9O2S. The number of likely N-dealkylation sites (tertiary alicyclic amines) is 1. The first-order valence-corrected chi connectivity index (χ1v) is 14.8. The van der Waals surface area contributed by atoms with E-state index in [1.165, 1.54) is 44.6 Å². The largest absolute Gasteiger partial charge is 0.487 e. The van der Waals surface area contributed by atoms with Gasteiger partial charge in [0.05, 0.1) is 6.61 Å². The van der Waals surface area contributed by atoms with Crippen LogP contribution >= 0.6 is 11.8 Å². The summed E-state index contributed by atoms with van der Waals surface area (Å²) < 4.78 is 6.18. The molecule has 2 aliphatic heterocycles. The number of ether oxygens (including phenoxy) is 1. The highest BCUT2D eigenvalue weighted by atomic mass is 32.2. The molecule has 0 unspecified atom stereocenters. The molecule has 11 nitrogen and oxygen atoms in total. The number of piperazine rings is 1. The van der Waals surface area contributed by atoms with Gasteiger partial charge in [-0.2, -0.15) is 5.10 Å². The van der Waals surface area contributed by atoms with Gasteiger partial charge in [-0.3, -0.25) is 14.8 Å². The summed E-state index contributed by atoms with van der Waals surface area (Å²) in [5, 5.41) is 14.1. The van der Waals surface area contributed by atoms with Gasteiger partial charge in [-0.1, -0.05) is 0 Å². The van der Waals surface area contributed by atoms with Gasteiger partial charge in [-0.25, -0.2) is 9.97 Å². The Morgan fingerprint density at radius 3 is 2.45 bits per heavy atom. The number of benzene rings is 1. The average Bonchev–Trinajstić information content (AvgIpc) is 3.35. The van der Waals surface area contributed by atoms with Gasteiger partial charge in [0, 0.05) is 61.5 Å². The maximum absolute atomic E-state index is 11.4. The molecule has 0 aliphatic carbocycles. The molecule has 2 saturated heterocycles. The first-order valence-electron chi connectivity index (χ1n) is 13.9. The monoisotopic (exact) mass is 565 g/mol. The molecular weight excluding hydrogens is 526 g/mol. The van der Waals surface area contributed by atoms with Gasteiger partial charge in [0.1, 0.15) is 0 Å². The number of rotatable bonds is 9. The van der Waals surface area contributed by atoms with Crippen LogP contribution in [0.25, 0.3) is 0 Å². The van der Waals surface area contributed by atoms with Gasteiger partial charge in [0.25, 0.3) is 0 Å². The molecule has 5 rings (SSSR count). The van der Waals surface area contributed by atoms with Crippen molar-refractivity contribution >= 4 is 40.8 Å². The summed E-state index contributed by atoms with van der Waals surface area (Å²) in [7, 11) is 2.21. The molecule has 214 valence electrons. The Kier molecular flexibility index (Phi) is 9.08. The van der Waals surface area contributed by atoms with Crippen molar-refractivity contribution in [3.8, 4) is 5.75 Å². The Labute approximate surface area is 240 Å². The molecule has 0 bridgehead atoms. The van der Waals surface area contributed by atoms with E-state index in [9.17, 15) is 4.79 Å². The number of carbonyl (C=O) groups is 1. The Balaban J connectivity index is 1.41. The minimum Gasteiger partial charge on any atom is -0.487 e. The molecule has 1 aromatic carbocycles. The molecule has 0 atom stereocenters. The number of aromatic amines is 1. The molecule has 4 heterocycles. The van der Waals surface area contributed by atoms with Crippen molar-refractivity contribution < 1.29 is 9.53 Å². The van der Waals surface area contributed by atoms with Crippen LogP contribution in [0.5, 0.6) is 5.75 Å². The standard InChI is InChI=1S/C28H39N9O2S/c1-5-39-25-26(30-24-18-19(2)33-34-24)31-28(40-23-8-6-21(7-9-23)29-20(3)38)32-27(25)37-16-14-36(15-17-37)22-10-12-35(4)13-11-22/h6-9,18,22H,5,10-17H2,1-4H3,(H,29,38)(H2,30,31,32,33,34). The van der Waals surface area contributed by atoms with Crippen molar-refractivity contribution in [1.29, 1.82) is 0 Å². The molecule has 12 heteroatoms. The van der Waals surface area contributed by atoms with Crippen molar-refractivity contribution in [1.82, 2.24) is 30.0 Å². The van der Waals surface area contributed by atoms with Gasteiger partial charge >= 0.3 is 0 Å². The van der Waals surface area contributed by atoms with E-state index in [1.807, 2.05) is 44.2 Å². The number of anilines is 4. The van der Waals surface area contributed by atoms with E-state index in [-0.39, 0.29) is 5.91 Å². The van der Waals surface area contributed by atoms with Gasteiger partial charge < -0.3 is 25.2 Å². The lowest BCUT2D eigenvalue weighted by molar-refractivity contribution is -0.114. The van der Waals surface area contributed by atoms with E-state index in [0.717, 1.165) is 48.3 Å². The third-order valence-electron chi connectivity index (χ3n) is 7.27. The molecule has 3 N–H and O–H groups in total. The summed E-state index contributed by atoms with van der Waals surface area (Å²) in [5.41, 5.74) is 1.71. The van der Waals surface area contributed by atoms with Crippen LogP contribution in [0.3, 0.4) is 0 Å². The molecule has 1 amide bonds. The van der Waals surface area contributed by atoms with Crippen LogP contribution in [-0.2, 0) is 4.79 Å². The molecule has 0 saturated carbocycles. The highest BCUT2D eigenvalue weighted by molar-refractivity contribution is 7.99. The molecule has 0 radical (unpaired) electrons. The van der Waals surface area contributed by atoms with E-state index in [2.05, 4.69) is 42.6 Å². The summed E-state index contributed by atoms with van der Waals surface area (Å²) in [6, 6.07) is 10.3. The van der Waals surface area contributed by atoms with Crippen LogP contribution in [0.4, 0.5) is 23.1 Å². The van der Waals surface area contributed by atoms with Crippen LogP contribution in [0.15, 0.2) is 40.4 Å². The number of hydrogen-bond donors (Lipinski definition) is 3. The maximum Gasteiger partial charge on any atom is 0.221 e. The van der Waals surface area contributed by atoms with E-state index in [1.54, 1.807) is 0 Å². The lowest BCUT2D eigenvalue weighted by Gasteiger charge is -2.42. The number of carbonyl (C=O) groups excluding carboxylic acids is 1. The summed E-state index contributed by atoms with van der Waals surface area (Å²) >= 11 is 1.47. The molecule has 2 aromatic heterocycles. The van der Waals surface area contributed by atoms with Gasteiger partial charge in [0.15, 0.2) is 22.6 Å². The van der Waals surface area contributed by atoms with Crippen molar-refractivity contribution in [2.45, 2.75) is 49.7 Å². The summed E-state index contributed by atoms with van der Waals surface area (Å²) in [6.45, 7) is 12.0. The first-order chi connectivity index (χ1) is 19.4. The van der Waals surface area contributed by atoms with Crippen LogP contribution < -0.4 is 20.3 Å². The molecule has 40 heavy (non-hydrogen) atoms. The molecule has 3 aromatic rings. The Hall–Kier alpha value is -3.35. The van der Waals surface area contributed by atoms with Crippen molar-refractivity contribution in [3.63, 3.8) is 0 Å². The third-order valence-corrected chi connectivity index (χ3v) is 8.14. The summed E-state index contributed by atoms with van der Waals surface area (Å²) in [5.74, 6) is 2.60. The predicted molar refractivity (Wildman–Crippen MR) is 159 cm³/mol. The summed E-state index contributed by atoms with van der Waals surface area (Å²) in [4.78, 5) is 29.6. The van der Waals surface area contributed by atoms with Gasteiger partial charge in [0.2, 0.25) is 11.7 Å². The fourth-order valence-electron chi connectivity index (χ4n) is 5.22. The van der Waals surface area contributed by atoms with E-state index in [4.69, 9.17) is 14.7 Å². The van der Waals surface area contributed by atoms with Crippen LogP contribution in [0.1, 0.15) is 32.4 Å². The highest BCUT2D eigenvalue weighted by Crippen LogP contribution is 2.39. The van der Waals surface area contributed by atoms with E-state index >= 15 is 0 Å². The number of aryl methyl sites for hydroxylation is 1. The van der Waals surface area contributed by atoms with Crippen molar-refractivity contribution in [3.05, 3.63) is 36.0 Å². The van der Waals surface area contributed by atoms with Crippen LogP contribution in [-0.4, -0.2) is 94.8 Å². The van der Waals surface area contributed by atoms with Crippen molar-refractivity contribution in [2.24, 2.45) is 0 Å². The van der Waals surface area contributed by atoms with Gasteiger partial charge in [-0.15, -0.1) is 0 Å². The topological polar surface area (TPSA) is 115 Å². The maximum atomic E-state index is 11.4. The number of aromatic nitrogens is 4. The fraction of sp³-hybridized carbons (Fsp3) is 0.500. The molecule has 0 spiro atoms. The lowest BCUT2D eigenvalue weighted by Crippen LogP contribution is -2.53. The second-order valence-corrected chi connectivity index (χ2v) is 11.4. The lowest BCUT2D eigenvalue weighted by atomic mass is 10.0. The first kappa shape index (κ1) is 28.2. The number of piperidine rings is 1. The smallest absolute Gasteiger partial charge is 0.221 e. The average molecular weight is 566 g/mol. The van der Waals surface area contributed by atoms with Gasteiger partial charge in [-0.05, 0) is 82.9 Å². The normalized spacial score (nSPS) is 17.1. The SMILES string of the molecule is CCOc1c(Nc2cc(C)[nH]n2)nc(Sc2ccc(NC(C)=O)cc2)nc1N1CCN(C2CCN(C)CC2)CC1. The third kappa shape index (κ3) is 7.04. The van der Waals surface area contributed by atoms with E-state index < -0.39 is 0 Å². The molecule has 2 aliphatic rings. The predicted octanol–water partition coefficient (Wildman–Crippen LogP) is 3.98. The zero-order valence-corrected chi connectivity index (χ0v) is 24.6. The second kappa shape index (κ2) is 12.9. The van der Waals surface area contributed by atoms with Crippen LogP contribution in [0, 0.1) is 6.92 Å². The number of nitrogens with zero attached hydrogens (tertiary/aromatic N) is 6. The Bertz CT molecular complexity index is 1280. The minimum atomic E-state index is -0.0971.